The Kier molecular flexibility index (Phi) is 3.50. The lowest BCUT2D eigenvalue weighted by molar-refractivity contribution is 0.0690. The highest BCUT2D eigenvalue weighted by molar-refractivity contribution is 5.85. The molecule has 0 atom stereocenters. The van der Waals surface area contributed by atoms with E-state index in [0.717, 1.165) is 0 Å². The van der Waals surface area contributed by atoms with Crippen molar-refractivity contribution in [3.8, 4) is 0 Å². The van der Waals surface area contributed by atoms with E-state index in [-0.39, 0.29) is 18.5 Å². The highest BCUT2D eigenvalue weighted by Gasteiger charge is 2.07. The summed E-state index contributed by atoms with van der Waals surface area (Å²) in [6.07, 6.45) is -1.15. The molecular formula is C9H9F2NO2. The molecule has 0 aromatic carbocycles. The van der Waals surface area contributed by atoms with Crippen molar-refractivity contribution in [2.24, 2.45) is 0 Å². The molecule has 0 aliphatic rings. The maximum Gasteiger partial charge on any atom is 0.354 e. The van der Waals surface area contributed by atoms with Crippen molar-refractivity contribution in [2.75, 3.05) is 0 Å². The lowest BCUT2D eigenvalue weighted by Gasteiger charge is -2.01. The third kappa shape index (κ3) is 3.08. The van der Waals surface area contributed by atoms with Gasteiger partial charge in [0.2, 0.25) is 6.43 Å². The van der Waals surface area contributed by atoms with Crippen LogP contribution in [-0.4, -0.2) is 22.5 Å². The van der Waals surface area contributed by atoms with Crippen LogP contribution in [0.5, 0.6) is 0 Å². The molecule has 14 heavy (non-hydrogen) atoms. The van der Waals surface area contributed by atoms with Crippen molar-refractivity contribution < 1.29 is 18.7 Å². The summed E-state index contributed by atoms with van der Waals surface area (Å²) in [6.45, 7) is 0. The van der Waals surface area contributed by atoms with E-state index in [1.54, 1.807) is 0 Å². The molecule has 1 rings (SSSR count). The maximum atomic E-state index is 11.8. The molecular weight excluding hydrogens is 192 g/mol. The molecule has 0 fully saturated rings. The minimum absolute atomic E-state index is 0.114. The molecule has 1 heterocycles. The van der Waals surface area contributed by atoms with E-state index in [1.807, 2.05) is 0 Å². The lowest BCUT2D eigenvalue weighted by Crippen LogP contribution is -2.02. The fraction of sp³-hybridized carbons (Fsp3) is 0.333. The summed E-state index contributed by atoms with van der Waals surface area (Å²) in [5, 5.41) is 8.58. The van der Waals surface area contributed by atoms with Gasteiger partial charge < -0.3 is 5.11 Å². The van der Waals surface area contributed by atoms with Crippen LogP contribution in [0.15, 0.2) is 18.3 Å². The van der Waals surface area contributed by atoms with Gasteiger partial charge in [-0.2, -0.15) is 0 Å². The van der Waals surface area contributed by atoms with Gasteiger partial charge in [-0.1, -0.05) is 0 Å². The Morgan fingerprint density at radius 2 is 2.29 bits per heavy atom. The van der Waals surface area contributed by atoms with Crippen LogP contribution in [0.3, 0.4) is 0 Å². The fourth-order valence-corrected chi connectivity index (χ4v) is 1.02. The number of alkyl halides is 2. The van der Waals surface area contributed by atoms with Crippen LogP contribution in [0.4, 0.5) is 8.78 Å². The second-order valence-electron chi connectivity index (χ2n) is 2.78. The minimum Gasteiger partial charge on any atom is -0.477 e. The number of carbonyl (C=O) groups is 1. The first-order chi connectivity index (χ1) is 6.59. The smallest absolute Gasteiger partial charge is 0.354 e. The first-order valence-electron chi connectivity index (χ1n) is 4.06. The van der Waals surface area contributed by atoms with Crippen LogP contribution in [0.2, 0.25) is 0 Å². The molecule has 0 saturated carbocycles. The van der Waals surface area contributed by atoms with Crippen LogP contribution in [0.1, 0.15) is 22.5 Å². The van der Waals surface area contributed by atoms with Crippen LogP contribution in [-0.2, 0) is 6.42 Å². The number of pyridine rings is 1. The summed E-state index contributed by atoms with van der Waals surface area (Å²) in [7, 11) is 0. The Hall–Kier alpha value is -1.52. The van der Waals surface area contributed by atoms with Crippen LogP contribution < -0.4 is 0 Å². The summed E-state index contributed by atoms with van der Waals surface area (Å²) < 4.78 is 23.7. The van der Waals surface area contributed by atoms with Crippen molar-refractivity contribution in [3.63, 3.8) is 0 Å². The van der Waals surface area contributed by atoms with E-state index in [9.17, 15) is 13.6 Å². The Morgan fingerprint density at radius 1 is 1.57 bits per heavy atom. The van der Waals surface area contributed by atoms with E-state index in [4.69, 9.17) is 5.11 Å². The highest BCUT2D eigenvalue weighted by atomic mass is 19.3. The fourth-order valence-electron chi connectivity index (χ4n) is 1.02. The Morgan fingerprint density at radius 3 is 2.86 bits per heavy atom. The number of hydrogen-bond donors (Lipinski definition) is 1. The van der Waals surface area contributed by atoms with E-state index < -0.39 is 12.4 Å². The molecule has 0 saturated heterocycles. The number of nitrogens with zero attached hydrogens (tertiary/aromatic N) is 1. The summed E-state index contributed by atoms with van der Waals surface area (Å²) in [4.78, 5) is 14.1. The first-order valence-corrected chi connectivity index (χ1v) is 4.06. The normalized spacial score (nSPS) is 10.5. The van der Waals surface area contributed by atoms with Gasteiger partial charge in [0.1, 0.15) is 5.69 Å². The third-order valence-corrected chi connectivity index (χ3v) is 1.69. The Bertz CT molecular complexity index is 328. The third-order valence-electron chi connectivity index (χ3n) is 1.69. The molecule has 0 amide bonds. The average molecular weight is 201 g/mol. The van der Waals surface area contributed by atoms with E-state index in [0.29, 0.717) is 5.56 Å². The molecule has 5 heteroatoms. The number of aromatic carboxylic acids is 1. The number of aryl methyl sites for hydroxylation is 1. The predicted octanol–water partition coefficient (Wildman–Crippen LogP) is 1.98. The number of carboxylic acids is 1. The summed E-state index contributed by atoms with van der Waals surface area (Å²) >= 11 is 0. The monoisotopic (exact) mass is 201 g/mol. The van der Waals surface area contributed by atoms with Crippen molar-refractivity contribution in [1.29, 1.82) is 0 Å². The standard InChI is InChI=1S/C9H9F2NO2/c10-8(11)2-1-6-3-4-12-7(5-6)9(13)14/h3-5,8H,1-2H2,(H,13,14). The van der Waals surface area contributed by atoms with Gasteiger partial charge >= 0.3 is 5.97 Å². The number of aromatic nitrogens is 1. The van der Waals surface area contributed by atoms with Crippen molar-refractivity contribution in [1.82, 2.24) is 4.98 Å². The maximum absolute atomic E-state index is 11.8. The molecule has 0 unspecified atom stereocenters. The van der Waals surface area contributed by atoms with Gasteiger partial charge in [0.05, 0.1) is 0 Å². The van der Waals surface area contributed by atoms with Crippen LogP contribution >= 0.6 is 0 Å². The molecule has 0 aliphatic carbocycles. The largest absolute Gasteiger partial charge is 0.477 e. The quantitative estimate of drug-likeness (QED) is 0.810. The molecule has 1 aromatic heterocycles. The van der Waals surface area contributed by atoms with Gasteiger partial charge in [-0.05, 0) is 24.1 Å². The van der Waals surface area contributed by atoms with E-state index in [1.165, 1.54) is 18.3 Å². The summed E-state index contributed by atoms with van der Waals surface area (Å²) in [6, 6.07) is 2.85. The van der Waals surface area contributed by atoms with Gasteiger partial charge in [-0.3, -0.25) is 0 Å². The van der Waals surface area contributed by atoms with Gasteiger partial charge in [-0.25, -0.2) is 18.6 Å². The SMILES string of the molecule is O=C(O)c1cc(CCC(F)F)ccn1. The molecule has 76 valence electrons. The molecule has 1 N–H and O–H groups in total. The zero-order valence-corrected chi connectivity index (χ0v) is 7.28. The first kappa shape index (κ1) is 10.6. The van der Waals surface area contributed by atoms with E-state index in [2.05, 4.69) is 4.98 Å². The summed E-state index contributed by atoms with van der Waals surface area (Å²) in [5.41, 5.74) is 0.453. The van der Waals surface area contributed by atoms with Gasteiger partial charge in [-0.15, -0.1) is 0 Å². The van der Waals surface area contributed by atoms with Crippen LogP contribution in [0.25, 0.3) is 0 Å². The zero-order valence-electron chi connectivity index (χ0n) is 7.28. The molecule has 0 radical (unpaired) electrons. The lowest BCUT2D eigenvalue weighted by atomic mass is 10.1. The Balaban J connectivity index is 2.69. The molecule has 0 aliphatic heterocycles. The average Bonchev–Trinajstić information content (AvgIpc) is 2.15. The van der Waals surface area contributed by atoms with Crippen molar-refractivity contribution in [3.05, 3.63) is 29.6 Å². The Labute approximate surface area is 79.4 Å². The molecule has 3 nitrogen and oxygen atoms in total. The molecule has 1 aromatic rings. The number of carboxylic acid groups (broad SMARTS) is 1. The van der Waals surface area contributed by atoms with Crippen molar-refractivity contribution in [2.45, 2.75) is 19.3 Å². The second-order valence-corrected chi connectivity index (χ2v) is 2.78. The van der Waals surface area contributed by atoms with Gasteiger partial charge in [0, 0.05) is 12.6 Å². The van der Waals surface area contributed by atoms with E-state index >= 15 is 0 Å². The van der Waals surface area contributed by atoms with Gasteiger partial charge in [0.25, 0.3) is 0 Å². The van der Waals surface area contributed by atoms with Crippen molar-refractivity contribution >= 4 is 5.97 Å². The van der Waals surface area contributed by atoms with Crippen LogP contribution in [0, 0.1) is 0 Å². The number of rotatable bonds is 4. The second kappa shape index (κ2) is 4.64. The van der Waals surface area contributed by atoms with Gasteiger partial charge in [0.15, 0.2) is 0 Å². The number of halogens is 2. The zero-order chi connectivity index (χ0) is 10.6. The highest BCUT2D eigenvalue weighted by Crippen LogP contribution is 2.09. The predicted molar refractivity (Wildman–Crippen MR) is 45.5 cm³/mol. The minimum atomic E-state index is -2.36. The number of hydrogen-bond acceptors (Lipinski definition) is 2. The molecule has 0 spiro atoms. The topological polar surface area (TPSA) is 50.2 Å². The summed E-state index contributed by atoms with van der Waals surface area (Å²) in [5.74, 6) is -1.15. The molecule has 0 bridgehead atoms.